The molecule has 1 heterocycles. The van der Waals surface area contributed by atoms with Crippen molar-refractivity contribution in [3.05, 3.63) is 28.1 Å². The minimum absolute atomic E-state index is 0.268. The lowest BCUT2D eigenvalue weighted by Gasteiger charge is -2.31. The molecule has 1 saturated heterocycles. The Hall–Kier alpha value is -1.78. The number of hydrogen-bond acceptors (Lipinski definition) is 6. The molecule has 0 aromatic heterocycles. The average molecular weight is 387 g/mol. The summed E-state index contributed by atoms with van der Waals surface area (Å²) >= 11 is 0. The molecule has 0 atom stereocenters. The van der Waals surface area contributed by atoms with Crippen molar-refractivity contribution < 1.29 is 22.5 Å². The van der Waals surface area contributed by atoms with Gasteiger partial charge in [-0.3, -0.25) is 10.1 Å². The number of nitro benzene ring substituents is 1. The van der Waals surface area contributed by atoms with Crippen LogP contribution in [0.1, 0.15) is 25.7 Å². The van der Waals surface area contributed by atoms with Crippen LogP contribution >= 0.6 is 0 Å². The number of nitrogens with one attached hydrogen (secondary N) is 1. The lowest BCUT2D eigenvalue weighted by molar-refractivity contribution is -0.386. The zero-order valence-corrected chi connectivity index (χ0v) is 15.3. The van der Waals surface area contributed by atoms with E-state index in [1.807, 2.05) is 0 Å². The minimum atomic E-state index is -4.00. The average Bonchev–Trinajstić information content (AvgIpc) is 3.44. The fraction of sp³-hybridized carbons (Fsp3) is 0.625. The molecule has 10 heteroatoms. The summed E-state index contributed by atoms with van der Waals surface area (Å²) in [6, 6.07) is 1.90. The Morgan fingerprint density at radius 3 is 2.50 bits per heavy atom. The van der Waals surface area contributed by atoms with Gasteiger partial charge in [0.1, 0.15) is 0 Å². The Labute approximate surface area is 151 Å². The predicted molar refractivity (Wildman–Crippen MR) is 92.1 cm³/mol. The van der Waals surface area contributed by atoms with Gasteiger partial charge >= 0.3 is 5.69 Å². The third kappa shape index (κ3) is 3.97. The van der Waals surface area contributed by atoms with Gasteiger partial charge in [0.15, 0.2) is 5.82 Å². The SMILES string of the molecule is COc1c(F)cc(S(=O)(=O)N2CCC(NCC3CC3)CC2)cc1[N+](=O)[O-]. The first kappa shape index (κ1) is 19.0. The van der Waals surface area contributed by atoms with Crippen LogP contribution in [0.2, 0.25) is 0 Å². The van der Waals surface area contributed by atoms with Gasteiger partial charge in [-0.25, -0.2) is 12.8 Å². The zero-order valence-electron chi connectivity index (χ0n) is 14.5. The summed E-state index contributed by atoms with van der Waals surface area (Å²) in [4.78, 5) is 9.83. The molecule has 1 N–H and O–H groups in total. The fourth-order valence-corrected chi connectivity index (χ4v) is 4.65. The van der Waals surface area contributed by atoms with Gasteiger partial charge in [-0.05, 0) is 44.2 Å². The molecular formula is C16H22FN3O5S. The maximum Gasteiger partial charge on any atom is 0.315 e. The van der Waals surface area contributed by atoms with E-state index >= 15 is 0 Å². The maximum atomic E-state index is 14.1. The van der Waals surface area contributed by atoms with E-state index in [1.165, 1.54) is 17.1 Å². The van der Waals surface area contributed by atoms with E-state index in [0.29, 0.717) is 25.9 Å². The molecule has 2 aliphatic rings. The number of halogens is 1. The van der Waals surface area contributed by atoms with Crippen LogP contribution in [0.5, 0.6) is 5.75 Å². The standard InChI is InChI=1S/C16H22FN3O5S/c1-25-16-14(17)8-13(9-15(16)20(21)22)26(23,24)19-6-4-12(5-7-19)18-10-11-2-3-11/h8-9,11-12,18H,2-7,10H2,1H3. The summed E-state index contributed by atoms with van der Waals surface area (Å²) in [5, 5.41) is 14.6. The lowest BCUT2D eigenvalue weighted by Crippen LogP contribution is -2.45. The van der Waals surface area contributed by atoms with Crippen LogP contribution in [-0.2, 0) is 10.0 Å². The largest absolute Gasteiger partial charge is 0.488 e. The van der Waals surface area contributed by atoms with E-state index in [2.05, 4.69) is 10.1 Å². The highest BCUT2D eigenvalue weighted by Gasteiger charge is 2.33. The van der Waals surface area contributed by atoms with Crippen LogP contribution in [0.25, 0.3) is 0 Å². The molecule has 1 aromatic carbocycles. The van der Waals surface area contributed by atoms with Gasteiger partial charge in [0.25, 0.3) is 0 Å². The number of benzene rings is 1. The molecule has 0 radical (unpaired) electrons. The molecule has 26 heavy (non-hydrogen) atoms. The second-order valence-corrected chi connectivity index (χ2v) is 8.68. The Balaban J connectivity index is 1.74. The number of hydrogen-bond donors (Lipinski definition) is 1. The molecule has 0 unspecified atom stereocenters. The molecule has 2 fully saturated rings. The first-order valence-corrected chi connectivity index (χ1v) is 10.0. The number of rotatable bonds is 7. The molecule has 1 saturated carbocycles. The molecule has 1 aliphatic heterocycles. The molecule has 1 aliphatic carbocycles. The van der Waals surface area contributed by atoms with Gasteiger partial charge in [0.2, 0.25) is 15.8 Å². The first-order chi connectivity index (χ1) is 12.3. The van der Waals surface area contributed by atoms with Crippen LogP contribution in [0.3, 0.4) is 0 Å². The third-order valence-corrected chi connectivity index (χ3v) is 6.76. The molecule has 0 amide bonds. The lowest BCUT2D eigenvalue weighted by atomic mass is 10.1. The highest BCUT2D eigenvalue weighted by atomic mass is 32.2. The number of ether oxygens (including phenoxy) is 1. The van der Waals surface area contributed by atoms with Crippen molar-refractivity contribution in [2.24, 2.45) is 5.92 Å². The van der Waals surface area contributed by atoms with Crippen molar-refractivity contribution in [2.45, 2.75) is 36.6 Å². The van der Waals surface area contributed by atoms with Crippen molar-refractivity contribution in [3.63, 3.8) is 0 Å². The van der Waals surface area contributed by atoms with Crippen LogP contribution in [0.15, 0.2) is 17.0 Å². The van der Waals surface area contributed by atoms with E-state index in [1.54, 1.807) is 0 Å². The molecule has 0 bridgehead atoms. The number of piperidine rings is 1. The number of sulfonamides is 1. The van der Waals surface area contributed by atoms with E-state index in [9.17, 15) is 22.9 Å². The molecule has 8 nitrogen and oxygen atoms in total. The monoisotopic (exact) mass is 387 g/mol. The molecular weight excluding hydrogens is 365 g/mol. The van der Waals surface area contributed by atoms with Crippen LogP contribution in [0.4, 0.5) is 10.1 Å². The van der Waals surface area contributed by atoms with Crippen molar-refractivity contribution >= 4 is 15.7 Å². The third-order valence-electron chi connectivity index (χ3n) is 4.88. The van der Waals surface area contributed by atoms with Gasteiger partial charge in [-0.1, -0.05) is 0 Å². The number of nitro groups is 1. The minimum Gasteiger partial charge on any atom is -0.488 e. The van der Waals surface area contributed by atoms with Crippen molar-refractivity contribution in [2.75, 3.05) is 26.7 Å². The Bertz CT molecular complexity index is 789. The maximum absolute atomic E-state index is 14.1. The van der Waals surface area contributed by atoms with Crippen LogP contribution in [0, 0.1) is 21.8 Å². The van der Waals surface area contributed by atoms with Crippen LogP contribution in [-0.4, -0.2) is 50.4 Å². The summed E-state index contributed by atoms with van der Waals surface area (Å²) in [7, 11) is -2.91. The van der Waals surface area contributed by atoms with Crippen molar-refractivity contribution in [3.8, 4) is 5.75 Å². The highest BCUT2D eigenvalue weighted by Crippen LogP contribution is 2.34. The summed E-state index contributed by atoms with van der Waals surface area (Å²) in [5.41, 5.74) is -0.702. The molecule has 3 rings (SSSR count). The van der Waals surface area contributed by atoms with E-state index in [4.69, 9.17) is 0 Å². The molecule has 1 aromatic rings. The summed E-state index contributed by atoms with van der Waals surface area (Å²) in [6.07, 6.45) is 3.82. The Morgan fingerprint density at radius 2 is 1.96 bits per heavy atom. The summed E-state index contributed by atoms with van der Waals surface area (Å²) in [6.45, 7) is 1.56. The normalized spacial score (nSPS) is 19.5. The van der Waals surface area contributed by atoms with Gasteiger partial charge in [0.05, 0.1) is 16.9 Å². The number of methoxy groups -OCH3 is 1. The topological polar surface area (TPSA) is 102 Å². The van der Waals surface area contributed by atoms with E-state index in [-0.39, 0.29) is 6.04 Å². The summed E-state index contributed by atoms with van der Waals surface area (Å²) in [5.74, 6) is -0.891. The molecule has 0 spiro atoms. The predicted octanol–water partition coefficient (Wildman–Crippen LogP) is 1.90. The number of nitrogens with zero attached hydrogens (tertiary/aromatic N) is 2. The van der Waals surface area contributed by atoms with Crippen LogP contribution < -0.4 is 10.1 Å². The fourth-order valence-electron chi connectivity index (χ4n) is 3.15. The van der Waals surface area contributed by atoms with E-state index < -0.39 is 37.1 Å². The second-order valence-electron chi connectivity index (χ2n) is 6.74. The van der Waals surface area contributed by atoms with Gasteiger partial charge in [-0.2, -0.15) is 4.31 Å². The Kier molecular flexibility index (Phi) is 5.44. The second kappa shape index (κ2) is 7.45. The quantitative estimate of drug-likeness (QED) is 0.566. The van der Waals surface area contributed by atoms with Crippen molar-refractivity contribution in [1.29, 1.82) is 0 Å². The summed E-state index contributed by atoms with van der Waals surface area (Å²) < 4.78 is 45.6. The zero-order chi connectivity index (χ0) is 18.9. The molecule has 144 valence electrons. The first-order valence-electron chi connectivity index (χ1n) is 8.58. The van der Waals surface area contributed by atoms with Gasteiger partial charge in [-0.15, -0.1) is 0 Å². The highest BCUT2D eigenvalue weighted by molar-refractivity contribution is 7.89. The smallest absolute Gasteiger partial charge is 0.315 e. The van der Waals surface area contributed by atoms with Crippen molar-refractivity contribution in [1.82, 2.24) is 9.62 Å². The Morgan fingerprint density at radius 1 is 1.31 bits per heavy atom. The van der Waals surface area contributed by atoms with Gasteiger partial charge in [0, 0.05) is 25.2 Å². The van der Waals surface area contributed by atoms with Gasteiger partial charge < -0.3 is 10.1 Å². The van der Waals surface area contributed by atoms with E-state index in [0.717, 1.165) is 31.7 Å².